The molecule has 0 radical (unpaired) electrons. The van der Waals surface area contributed by atoms with Crippen LogP contribution in [0.2, 0.25) is 0 Å². The number of rotatable bonds is 9. The highest BCUT2D eigenvalue weighted by Crippen LogP contribution is 2.32. The Balaban J connectivity index is 2.02. The third kappa shape index (κ3) is 6.42. The minimum Gasteiger partial charge on any atom is -0.486 e. The maximum Gasteiger partial charge on any atom is 0.416 e. The molecule has 1 atom stereocenters. The molecule has 0 aliphatic rings. The van der Waals surface area contributed by atoms with Crippen molar-refractivity contribution in [2.45, 2.75) is 38.0 Å². The molecule has 0 bridgehead atoms. The van der Waals surface area contributed by atoms with Crippen LogP contribution in [0, 0.1) is 0 Å². The van der Waals surface area contributed by atoms with Gasteiger partial charge in [0.2, 0.25) is 0 Å². The maximum absolute atomic E-state index is 12.7. The Hall–Kier alpha value is -2.01. The van der Waals surface area contributed by atoms with Crippen LogP contribution in [-0.2, 0) is 6.18 Å². The molecule has 0 amide bonds. The lowest BCUT2D eigenvalue weighted by molar-refractivity contribution is -0.137. The molecule has 2 aromatic carbocycles. The predicted octanol–water partition coefficient (Wildman–Crippen LogP) is 5.61. The fourth-order valence-electron chi connectivity index (χ4n) is 2.66. The van der Waals surface area contributed by atoms with Crippen molar-refractivity contribution in [3.05, 3.63) is 65.7 Å². The summed E-state index contributed by atoms with van der Waals surface area (Å²) < 4.78 is 44.0. The van der Waals surface area contributed by atoms with Gasteiger partial charge in [-0.1, -0.05) is 36.8 Å². The molecule has 5 heteroatoms. The summed E-state index contributed by atoms with van der Waals surface area (Å²) in [6.07, 6.45) is -0.479. The second kappa shape index (κ2) is 9.47. The zero-order valence-electron chi connectivity index (χ0n) is 14.4. The van der Waals surface area contributed by atoms with Crippen LogP contribution in [-0.4, -0.2) is 13.6 Å². The van der Waals surface area contributed by atoms with Crippen molar-refractivity contribution in [2.24, 2.45) is 0 Å². The van der Waals surface area contributed by atoms with Crippen molar-refractivity contribution in [3.63, 3.8) is 0 Å². The minimum absolute atomic E-state index is 0.160. The predicted molar refractivity (Wildman–Crippen MR) is 93.6 cm³/mol. The van der Waals surface area contributed by atoms with Crippen molar-refractivity contribution < 1.29 is 17.9 Å². The number of nitrogens with one attached hydrogen (secondary N) is 1. The molecule has 0 saturated heterocycles. The van der Waals surface area contributed by atoms with Gasteiger partial charge in [0, 0.05) is 0 Å². The summed E-state index contributed by atoms with van der Waals surface area (Å²) >= 11 is 0. The molecular formula is C20H24F3NO. The van der Waals surface area contributed by atoms with E-state index in [9.17, 15) is 13.2 Å². The average molecular weight is 351 g/mol. The molecule has 0 aromatic heterocycles. The van der Waals surface area contributed by atoms with Crippen molar-refractivity contribution >= 4 is 0 Å². The molecule has 25 heavy (non-hydrogen) atoms. The molecule has 0 saturated carbocycles. The van der Waals surface area contributed by atoms with Crippen molar-refractivity contribution in [3.8, 4) is 5.75 Å². The summed E-state index contributed by atoms with van der Waals surface area (Å²) in [5.41, 5.74) is 0.374. The van der Waals surface area contributed by atoms with Crippen LogP contribution in [0.1, 0.15) is 42.9 Å². The van der Waals surface area contributed by atoms with Gasteiger partial charge in [0.05, 0.1) is 5.56 Å². The zero-order valence-corrected chi connectivity index (χ0v) is 14.4. The van der Waals surface area contributed by atoms with E-state index in [0.717, 1.165) is 49.9 Å². The first-order valence-electron chi connectivity index (χ1n) is 8.54. The Morgan fingerprint density at radius 3 is 2.20 bits per heavy atom. The standard InChI is InChI=1S/C20H24F3NO/c1-24-15-7-3-6-10-19(16-8-4-2-5-9-16)25-18-13-11-17(12-14-18)20(21,22)23/h2,4-5,8-9,11-14,19,24H,3,6-7,10,15H2,1H3. The van der Waals surface area contributed by atoms with Crippen molar-refractivity contribution in [1.29, 1.82) is 0 Å². The summed E-state index contributed by atoms with van der Waals surface area (Å²) in [7, 11) is 1.93. The van der Waals surface area contributed by atoms with Gasteiger partial charge < -0.3 is 10.1 Å². The molecule has 2 nitrogen and oxygen atoms in total. The smallest absolute Gasteiger partial charge is 0.416 e. The Morgan fingerprint density at radius 1 is 0.920 bits per heavy atom. The quantitative estimate of drug-likeness (QED) is 0.593. The number of halogens is 3. The summed E-state index contributed by atoms with van der Waals surface area (Å²) in [6.45, 7) is 0.982. The molecular weight excluding hydrogens is 327 g/mol. The van der Waals surface area contributed by atoms with E-state index in [0.29, 0.717) is 5.75 Å². The van der Waals surface area contributed by atoms with Crippen LogP contribution in [0.3, 0.4) is 0 Å². The van der Waals surface area contributed by atoms with Gasteiger partial charge in [0.25, 0.3) is 0 Å². The minimum atomic E-state index is -4.33. The van der Waals surface area contributed by atoms with E-state index < -0.39 is 11.7 Å². The van der Waals surface area contributed by atoms with Gasteiger partial charge in [-0.3, -0.25) is 0 Å². The second-order valence-electron chi connectivity index (χ2n) is 5.99. The van der Waals surface area contributed by atoms with Gasteiger partial charge in [-0.2, -0.15) is 13.2 Å². The number of alkyl halides is 3. The Morgan fingerprint density at radius 2 is 1.60 bits per heavy atom. The second-order valence-corrected chi connectivity index (χ2v) is 5.99. The van der Waals surface area contributed by atoms with Gasteiger partial charge in [0.15, 0.2) is 0 Å². The van der Waals surface area contributed by atoms with E-state index in [1.54, 1.807) is 0 Å². The van der Waals surface area contributed by atoms with Gasteiger partial charge in [-0.25, -0.2) is 0 Å². The van der Waals surface area contributed by atoms with Crippen molar-refractivity contribution in [2.75, 3.05) is 13.6 Å². The highest BCUT2D eigenvalue weighted by molar-refractivity contribution is 5.30. The Bertz CT molecular complexity index is 611. The number of hydrogen-bond donors (Lipinski definition) is 1. The van der Waals surface area contributed by atoms with Crippen molar-refractivity contribution in [1.82, 2.24) is 5.32 Å². The molecule has 136 valence electrons. The van der Waals surface area contributed by atoms with Crippen LogP contribution >= 0.6 is 0 Å². The van der Waals surface area contributed by atoms with E-state index in [-0.39, 0.29) is 6.10 Å². The van der Waals surface area contributed by atoms with Crippen LogP contribution in [0.4, 0.5) is 13.2 Å². The summed E-state index contributed by atoms with van der Waals surface area (Å²) in [6, 6.07) is 14.7. The maximum atomic E-state index is 12.7. The lowest BCUT2D eigenvalue weighted by Crippen LogP contribution is -2.10. The molecule has 2 aromatic rings. The third-order valence-corrected chi connectivity index (χ3v) is 4.02. The Kier molecular flexibility index (Phi) is 7.31. The molecule has 0 heterocycles. The molecule has 0 aliphatic carbocycles. The number of hydrogen-bond acceptors (Lipinski definition) is 2. The van der Waals surface area contributed by atoms with E-state index in [4.69, 9.17) is 4.74 Å². The molecule has 2 rings (SSSR count). The highest BCUT2D eigenvalue weighted by atomic mass is 19.4. The molecule has 1 N–H and O–H groups in total. The van der Waals surface area contributed by atoms with E-state index in [1.807, 2.05) is 37.4 Å². The monoisotopic (exact) mass is 351 g/mol. The number of unbranched alkanes of at least 4 members (excludes halogenated alkanes) is 2. The highest BCUT2D eigenvalue weighted by Gasteiger charge is 2.30. The lowest BCUT2D eigenvalue weighted by Gasteiger charge is -2.20. The lowest BCUT2D eigenvalue weighted by atomic mass is 10.0. The van der Waals surface area contributed by atoms with Crippen LogP contribution < -0.4 is 10.1 Å². The molecule has 0 fully saturated rings. The normalized spacial score (nSPS) is 12.8. The first-order valence-corrected chi connectivity index (χ1v) is 8.54. The van der Waals surface area contributed by atoms with E-state index >= 15 is 0 Å². The summed E-state index contributed by atoms with van der Waals surface area (Å²) in [5.74, 6) is 0.456. The fraction of sp³-hybridized carbons (Fsp3) is 0.400. The molecule has 1 unspecified atom stereocenters. The molecule has 0 aliphatic heterocycles. The SMILES string of the molecule is CNCCCCCC(Oc1ccc(C(F)(F)F)cc1)c1ccccc1. The van der Waals surface area contributed by atoms with Gasteiger partial charge in [0.1, 0.15) is 11.9 Å². The first kappa shape index (κ1) is 19.3. The van der Waals surface area contributed by atoms with Crippen LogP contribution in [0.15, 0.2) is 54.6 Å². The third-order valence-electron chi connectivity index (χ3n) is 4.02. The average Bonchev–Trinajstić information content (AvgIpc) is 2.61. The van der Waals surface area contributed by atoms with E-state index in [2.05, 4.69) is 5.32 Å². The number of ether oxygens (including phenoxy) is 1. The van der Waals surface area contributed by atoms with Gasteiger partial charge in [-0.15, -0.1) is 0 Å². The Labute approximate surface area is 147 Å². The number of benzene rings is 2. The van der Waals surface area contributed by atoms with Crippen LogP contribution in [0.5, 0.6) is 5.75 Å². The summed E-state index contributed by atoms with van der Waals surface area (Å²) in [4.78, 5) is 0. The largest absolute Gasteiger partial charge is 0.486 e. The topological polar surface area (TPSA) is 21.3 Å². The van der Waals surface area contributed by atoms with E-state index in [1.165, 1.54) is 12.1 Å². The van der Waals surface area contributed by atoms with Gasteiger partial charge in [-0.05, 0) is 62.7 Å². The molecule has 0 spiro atoms. The van der Waals surface area contributed by atoms with Crippen LogP contribution in [0.25, 0.3) is 0 Å². The van der Waals surface area contributed by atoms with Gasteiger partial charge >= 0.3 is 6.18 Å². The zero-order chi connectivity index (χ0) is 18.1. The fourth-order valence-corrected chi connectivity index (χ4v) is 2.66. The first-order chi connectivity index (χ1) is 12.0. The summed E-state index contributed by atoms with van der Waals surface area (Å²) in [5, 5.41) is 3.12.